The van der Waals surface area contributed by atoms with Gasteiger partial charge in [0.2, 0.25) is 10.0 Å². The lowest BCUT2D eigenvalue weighted by Crippen LogP contribution is -2.34. The standard InChI is InChI=1S/C13H19NO3S/c15-7-3-4-8-18(16,17)14-10-12-9-11-5-1-2-6-13(11)12/h1-2,5-6,12,14-15H,3-4,7-10H2. The predicted octanol–water partition coefficient (Wildman–Crippen LogP) is 1.02. The highest BCUT2D eigenvalue weighted by Gasteiger charge is 2.26. The highest BCUT2D eigenvalue weighted by Crippen LogP contribution is 2.34. The van der Waals surface area contributed by atoms with Crippen LogP contribution in [-0.4, -0.2) is 32.4 Å². The molecule has 0 spiro atoms. The van der Waals surface area contributed by atoms with Crippen LogP contribution in [0.3, 0.4) is 0 Å². The largest absolute Gasteiger partial charge is 0.396 e. The monoisotopic (exact) mass is 269 g/mol. The number of aliphatic hydroxyl groups is 1. The normalized spacial score (nSPS) is 18.2. The Labute approximate surface area is 108 Å². The third-order valence-corrected chi connectivity index (χ3v) is 4.76. The van der Waals surface area contributed by atoms with E-state index in [0.29, 0.717) is 25.3 Å². The van der Waals surface area contributed by atoms with Crippen molar-refractivity contribution in [2.75, 3.05) is 18.9 Å². The van der Waals surface area contributed by atoms with E-state index < -0.39 is 10.0 Å². The SMILES string of the molecule is O=S(=O)(CCCCO)NCC1Cc2ccccc21. The molecule has 1 aromatic rings. The van der Waals surface area contributed by atoms with E-state index in [0.717, 1.165) is 6.42 Å². The number of sulfonamides is 1. The molecule has 2 rings (SSSR count). The van der Waals surface area contributed by atoms with Crippen LogP contribution in [0.1, 0.15) is 29.9 Å². The number of aliphatic hydroxyl groups excluding tert-OH is 1. The maximum atomic E-state index is 11.7. The zero-order valence-corrected chi connectivity index (χ0v) is 11.1. The molecule has 1 aliphatic carbocycles. The van der Waals surface area contributed by atoms with Gasteiger partial charge in [0, 0.05) is 19.1 Å². The van der Waals surface area contributed by atoms with Crippen LogP contribution >= 0.6 is 0 Å². The molecule has 1 unspecified atom stereocenters. The highest BCUT2D eigenvalue weighted by atomic mass is 32.2. The Morgan fingerprint density at radius 2 is 2.06 bits per heavy atom. The van der Waals surface area contributed by atoms with Gasteiger partial charge in [0.05, 0.1) is 5.75 Å². The van der Waals surface area contributed by atoms with Crippen molar-refractivity contribution in [1.29, 1.82) is 0 Å². The van der Waals surface area contributed by atoms with Crippen LogP contribution in [0.4, 0.5) is 0 Å². The van der Waals surface area contributed by atoms with Crippen molar-refractivity contribution in [1.82, 2.24) is 4.72 Å². The minimum absolute atomic E-state index is 0.0471. The Balaban J connectivity index is 1.79. The summed E-state index contributed by atoms with van der Waals surface area (Å²) in [4.78, 5) is 0. The van der Waals surface area contributed by atoms with E-state index in [9.17, 15) is 8.42 Å². The first-order valence-electron chi connectivity index (χ1n) is 6.28. The Hall–Kier alpha value is -0.910. The van der Waals surface area contributed by atoms with Gasteiger partial charge in [-0.15, -0.1) is 0 Å². The van der Waals surface area contributed by atoms with Gasteiger partial charge in [0.25, 0.3) is 0 Å². The van der Waals surface area contributed by atoms with Gasteiger partial charge in [-0.05, 0) is 30.4 Å². The second kappa shape index (κ2) is 5.82. The summed E-state index contributed by atoms with van der Waals surface area (Å²) < 4.78 is 26.0. The summed E-state index contributed by atoms with van der Waals surface area (Å²) >= 11 is 0. The van der Waals surface area contributed by atoms with Gasteiger partial charge in [-0.2, -0.15) is 0 Å². The average molecular weight is 269 g/mol. The fraction of sp³-hybridized carbons (Fsp3) is 0.538. The molecular formula is C13H19NO3S. The summed E-state index contributed by atoms with van der Waals surface area (Å²) in [6.07, 6.45) is 2.00. The van der Waals surface area contributed by atoms with E-state index in [1.165, 1.54) is 11.1 Å². The van der Waals surface area contributed by atoms with E-state index in [1.54, 1.807) is 0 Å². The number of benzene rings is 1. The summed E-state index contributed by atoms with van der Waals surface area (Å²) in [7, 11) is -3.19. The number of unbranched alkanes of at least 4 members (excludes halogenated alkanes) is 1. The van der Waals surface area contributed by atoms with Gasteiger partial charge in [-0.3, -0.25) is 0 Å². The second-order valence-electron chi connectivity index (χ2n) is 4.70. The molecule has 0 amide bonds. The molecule has 1 aliphatic rings. The Morgan fingerprint density at radius 3 is 2.78 bits per heavy atom. The van der Waals surface area contributed by atoms with Crippen molar-refractivity contribution < 1.29 is 13.5 Å². The topological polar surface area (TPSA) is 66.4 Å². The van der Waals surface area contributed by atoms with Crippen LogP contribution in [0.5, 0.6) is 0 Å². The molecule has 0 bridgehead atoms. The lowest BCUT2D eigenvalue weighted by atomic mass is 9.78. The molecule has 0 aromatic heterocycles. The maximum Gasteiger partial charge on any atom is 0.211 e. The Kier molecular flexibility index (Phi) is 4.37. The minimum atomic E-state index is -3.19. The van der Waals surface area contributed by atoms with Crippen LogP contribution in [0.15, 0.2) is 24.3 Å². The van der Waals surface area contributed by atoms with Crippen LogP contribution in [-0.2, 0) is 16.4 Å². The third-order valence-electron chi connectivity index (χ3n) is 3.33. The van der Waals surface area contributed by atoms with E-state index >= 15 is 0 Å². The number of nitrogens with one attached hydrogen (secondary N) is 1. The van der Waals surface area contributed by atoms with Crippen LogP contribution in [0, 0.1) is 0 Å². The van der Waals surface area contributed by atoms with Crippen molar-refractivity contribution in [2.24, 2.45) is 0 Å². The molecule has 2 N–H and O–H groups in total. The zero-order valence-electron chi connectivity index (χ0n) is 10.3. The Bertz CT molecular complexity index is 499. The van der Waals surface area contributed by atoms with Gasteiger partial charge >= 0.3 is 0 Å². The predicted molar refractivity (Wildman–Crippen MR) is 71.0 cm³/mol. The molecule has 5 heteroatoms. The van der Waals surface area contributed by atoms with Gasteiger partial charge in [-0.25, -0.2) is 13.1 Å². The summed E-state index contributed by atoms with van der Waals surface area (Å²) in [6, 6.07) is 8.14. The molecule has 4 nitrogen and oxygen atoms in total. The summed E-state index contributed by atoms with van der Waals surface area (Å²) in [5.74, 6) is 0.413. The smallest absolute Gasteiger partial charge is 0.211 e. The van der Waals surface area contributed by atoms with Crippen LogP contribution < -0.4 is 4.72 Å². The van der Waals surface area contributed by atoms with Gasteiger partial charge in [0.1, 0.15) is 0 Å². The van der Waals surface area contributed by atoms with Gasteiger partial charge < -0.3 is 5.11 Å². The Morgan fingerprint density at radius 1 is 1.28 bits per heavy atom. The molecule has 18 heavy (non-hydrogen) atoms. The average Bonchev–Trinajstić information content (AvgIpc) is 2.30. The van der Waals surface area contributed by atoms with Crippen molar-refractivity contribution >= 4 is 10.0 Å². The van der Waals surface area contributed by atoms with E-state index in [2.05, 4.69) is 16.9 Å². The summed E-state index contributed by atoms with van der Waals surface area (Å²) in [5, 5.41) is 8.62. The van der Waals surface area contributed by atoms with Crippen LogP contribution in [0.2, 0.25) is 0 Å². The first kappa shape index (κ1) is 13.5. The molecule has 0 heterocycles. The lowest BCUT2D eigenvalue weighted by molar-refractivity contribution is 0.287. The number of hydrogen-bond donors (Lipinski definition) is 2. The molecule has 100 valence electrons. The first-order valence-corrected chi connectivity index (χ1v) is 7.93. The first-order chi connectivity index (χ1) is 8.62. The lowest BCUT2D eigenvalue weighted by Gasteiger charge is -2.30. The molecule has 1 atom stereocenters. The van der Waals surface area contributed by atoms with Gasteiger partial charge in [-0.1, -0.05) is 24.3 Å². The van der Waals surface area contributed by atoms with E-state index in [-0.39, 0.29) is 12.4 Å². The molecule has 0 saturated carbocycles. The third kappa shape index (κ3) is 3.31. The molecule has 0 fully saturated rings. The van der Waals surface area contributed by atoms with Crippen molar-refractivity contribution in [3.8, 4) is 0 Å². The van der Waals surface area contributed by atoms with Gasteiger partial charge in [0.15, 0.2) is 0 Å². The summed E-state index contributed by atoms with van der Waals surface area (Å²) in [5.41, 5.74) is 2.58. The highest BCUT2D eigenvalue weighted by molar-refractivity contribution is 7.89. The van der Waals surface area contributed by atoms with E-state index in [4.69, 9.17) is 5.11 Å². The van der Waals surface area contributed by atoms with Crippen molar-refractivity contribution in [3.05, 3.63) is 35.4 Å². The van der Waals surface area contributed by atoms with Crippen molar-refractivity contribution in [3.63, 3.8) is 0 Å². The molecule has 1 aromatic carbocycles. The molecule has 0 saturated heterocycles. The van der Waals surface area contributed by atoms with Crippen LogP contribution in [0.25, 0.3) is 0 Å². The summed E-state index contributed by atoms with van der Waals surface area (Å²) in [6.45, 7) is 0.532. The molecular weight excluding hydrogens is 250 g/mol. The fourth-order valence-electron chi connectivity index (χ4n) is 2.25. The van der Waals surface area contributed by atoms with Crippen molar-refractivity contribution in [2.45, 2.75) is 25.2 Å². The second-order valence-corrected chi connectivity index (χ2v) is 6.62. The molecule has 0 aliphatic heterocycles. The molecule has 0 radical (unpaired) electrons. The number of rotatable bonds is 7. The zero-order chi connectivity index (χ0) is 13.0. The quantitative estimate of drug-likeness (QED) is 0.726. The maximum absolute atomic E-state index is 11.7. The number of hydrogen-bond acceptors (Lipinski definition) is 3. The fourth-order valence-corrected chi connectivity index (χ4v) is 3.43. The number of fused-ring (bicyclic) bond motifs is 1. The van der Waals surface area contributed by atoms with E-state index in [1.807, 2.05) is 12.1 Å². The minimum Gasteiger partial charge on any atom is -0.396 e.